The lowest BCUT2D eigenvalue weighted by Crippen LogP contribution is -2.42. The number of rotatable bonds is 6. The van der Waals surface area contributed by atoms with Gasteiger partial charge in [-0.25, -0.2) is 12.7 Å². The number of hydrogen-bond acceptors (Lipinski definition) is 3. The Hall–Kier alpha value is -1.11. The molecule has 1 saturated heterocycles. The third-order valence-corrected chi connectivity index (χ3v) is 7.40. The summed E-state index contributed by atoms with van der Waals surface area (Å²) in [7, 11) is -3.05. The minimum atomic E-state index is -3.05. The Morgan fingerprint density at radius 1 is 1.12 bits per heavy atom. The second-order valence-corrected chi connectivity index (χ2v) is 9.34. The summed E-state index contributed by atoms with van der Waals surface area (Å²) in [6.45, 7) is 1.77. The largest absolute Gasteiger partial charge is 0.356 e. The molecule has 0 spiro atoms. The third-order valence-electron chi connectivity index (χ3n) is 4.74. The third kappa shape index (κ3) is 4.49. The Balaban J connectivity index is 1.40. The van der Waals surface area contributed by atoms with E-state index in [1.54, 1.807) is 16.4 Å². The van der Waals surface area contributed by atoms with Gasteiger partial charge in [0.15, 0.2) is 0 Å². The second-order valence-electron chi connectivity index (χ2n) is 6.69. The fourth-order valence-electron chi connectivity index (χ4n) is 3.05. The summed E-state index contributed by atoms with van der Waals surface area (Å²) in [4.78, 5) is 12.0. The van der Waals surface area contributed by atoms with Gasteiger partial charge in [0.05, 0.1) is 11.7 Å². The van der Waals surface area contributed by atoms with Crippen LogP contribution in [0.15, 0.2) is 24.3 Å². The van der Waals surface area contributed by atoms with Crippen molar-refractivity contribution in [3.05, 3.63) is 34.9 Å². The molecule has 1 N–H and O–H groups in total. The van der Waals surface area contributed by atoms with Gasteiger partial charge in [0.1, 0.15) is 0 Å². The van der Waals surface area contributed by atoms with Crippen molar-refractivity contribution >= 4 is 27.5 Å². The van der Waals surface area contributed by atoms with Gasteiger partial charge in [0, 0.05) is 24.7 Å². The molecule has 1 aromatic carbocycles. The smallest absolute Gasteiger partial charge is 0.224 e. The first kappa shape index (κ1) is 17.7. The number of sulfonamides is 1. The topological polar surface area (TPSA) is 66.5 Å². The maximum atomic E-state index is 12.2. The normalized spacial score (nSPS) is 20.0. The van der Waals surface area contributed by atoms with Gasteiger partial charge in [-0.2, -0.15) is 0 Å². The quantitative estimate of drug-likeness (QED) is 0.834. The van der Waals surface area contributed by atoms with Gasteiger partial charge in [0.25, 0.3) is 0 Å². The molecule has 0 radical (unpaired) electrons. The molecular weight excluding hydrogens is 348 g/mol. The van der Waals surface area contributed by atoms with Crippen LogP contribution < -0.4 is 5.32 Å². The lowest BCUT2D eigenvalue weighted by Gasteiger charge is -2.31. The molecular formula is C17H23ClN2O3S. The van der Waals surface area contributed by atoms with Crippen LogP contribution in [0.25, 0.3) is 0 Å². The summed E-state index contributed by atoms with van der Waals surface area (Å²) in [6, 6.07) is 7.26. The number of piperidine rings is 1. The first-order valence-corrected chi connectivity index (χ1v) is 10.3. The van der Waals surface area contributed by atoms with Crippen LogP contribution in [-0.4, -0.2) is 43.5 Å². The zero-order chi connectivity index (χ0) is 17.2. The summed E-state index contributed by atoms with van der Waals surface area (Å²) >= 11 is 5.83. The number of carbonyl (C=O) groups excluding carboxylic acids is 1. The molecule has 0 unspecified atom stereocenters. The van der Waals surface area contributed by atoms with E-state index in [0.29, 0.717) is 37.0 Å². The summed E-state index contributed by atoms with van der Waals surface area (Å²) < 4.78 is 26.0. The highest BCUT2D eigenvalue weighted by Gasteiger charge is 2.41. The lowest BCUT2D eigenvalue weighted by atomic mass is 9.98. The number of carbonyl (C=O) groups is 1. The van der Waals surface area contributed by atoms with E-state index in [9.17, 15) is 13.2 Å². The van der Waals surface area contributed by atoms with Crippen molar-refractivity contribution in [3.8, 4) is 0 Å². The van der Waals surface area contributed by atoms with Crippen LogP contribution in [0.2, 0.25) is 5.02 Å². The minimum absolute atomic E-state index is 0.00893. The zero-order valence-corrected chi connectivity index (χ0v) is 15.2. The van der Waals surface area contributed by atoms with Gasteiger partial charge in [0.2, 0.25) is 15.9 Å². The average Bonchev–Trinajstić information content (AvgIpc) is 3.41. The Morgan fingerprint density at radius 2 is 1.75 bits per heavy atom. The second kappa shape index (κ2) is 7.42. The first-order chi connectivity index (χ1) is 11.4. The number of halogens is 1. The van der Waals surface area contributed by atoms with Crippen LogP contribution in [0.1, 0.15) is 31.2 Å². The molecule has 1 aliphatic carbocycles. The van der Waals surface area contributed by atoms with Crippen molar-refractivity contribution in [2.24, 2.45) is 5.92 Å². The molecule has 0 atom stereocenters. The highest BCUT2D eigenvalue weighted by molar-refractivity contribution is 7.90. The van der Waals surface area contributed by atoms with Crippen molar-refractivity contribution in [2.45, 2.75) is 37.4 Å². The van der Waals surface area contributed by atoms with Gasteiger partial charge >= 0.3 is 0 Å². The van der Waals surface area contributed by atoms with E-state index in [-0.39, 0.29) is 11.2 Å². The summed E-state index contributed by atoms with van der Waals surface area (Å²) in [5.74, 6) is 0.343. The van der Waals surface area contributed by atoms with Crippen LogP contribution in [0, 0.1) is 5.92 Å². The van der Waals surface area contributed by atoms with Gasteiger partial charge < -0.3 is 5.32 Å². The first-order valence-electron chi connectivity index (χ1n) is 8.45. The molecule has 132 valence electrons. The van der Waals surface area contributed by atoms with Gasteiger partial charge in [-0.3, -0.25) is 4.79 Å². The fraction of sp³-hybridized carbons (Fsp3) is 0.588. The molecule has 7 heteroatoms. The van der Waals surface area contributed by atoms with Crippen molar-refractivity contribution < 1.29 is 13.2 Å². The Morgan fingerprint density at radius 3 is 2.33 bits per heavy atom. The van der Waals surface area contributed by atoms with Crippen LogP contribution >= 0.6 is 11.6 Å². The van der Waals surface area contributed by atoms with E-state index in [2.05, 4.69) is 5.32 Å². The summed E-state index contributed by atoms with van der Waals surface area (Å²) in [5.41, 5.74) is 0.933. The number of nitrogens with one attached hydrogen (secondary N) is 1. The van der Waals surface area contributed by atoms with Crippen LogP contribution in [0.3, 0.4) is 0 Å². The fourth-order valence-corrected chi connectivity index (χ4v) is 5.05. The Kier molecular flexibility index (Phi) is 5.47. The van der Waals surface area contributed by atoms with E-state index in [1.165, 1.54) is 0 Å². The van der Waals surface area contributed by atoms with Crippen LogP contribution in [0.4, 0.5) is 0 Å². The van der Waals surface area contributed by atoms with Gasteiger partial charge in [-0.1, -0.05) is 23.7 Å². The molecule has 0 bridgehead atoms. The molecule has 1 saturated carbocycles. The molecule has 3 rings (SSSR count). The Labute approximate surface area is 148 Å². The molecule has 0 aromatic heterocycles. The SMILES string of the molecule is O=C(Cc1ccc(Cl)cc1)NCC1CCN(S(=O)(=O)C2CC2)CC1. The van der Waals surface area contributed by atoms with E-state index in [1.807, 2.05) is 12.1 Å². The van der Waals surface area contributed by atoms with E-state index in [4.69, 9.17) is 11.6 Å². The molecule has 5 nitrogen and oxygen atoms in total. The van der Waals surface area contributed by atoms with Crippen LogP contribution in [0.5, 0.6) is 0 Å². The summed E-state index contributed by atoms with van der Waals surface area (Å²) in [5, 5.41) is 3.49. The monoisotopic (exact) mass is 370 g/mol. The average molecular weight is 371 g/mol. The van der Waals surface area contributed by atoms with Crippen molar-refractivity contribution in [2.75, 3.05) is 19.6 Å². The molecule has 1 heterocycles. The minimum Gasteiger partial charge on any atom is -0.356 e. The van der Waals surface area contributed by atoms with Crippen molar-refractivity contribution in [3.63, 3.8) is 0 Å². The van der Waals surface area contributed by atoms with Gasteiger partial charge in [-0.15, -0.1) is 0 Å². The molecule has 2 fully saturated rings. The van der Waals surface area contributed by atoms with Crippen molar-refractivity contribution in [1.29, 1.82) is 0 Å². The molecule has 2 aliphatic rings. The predicted molar refractivity (Wildman–Crippen MR) is 94.4 cm³/mol. The highest BCUT2D eigenvalue weighted by Crippen LogP contribution is 2.33. The van der Waals surface area contributed by atoms with Crippen LogP contribution in [-0.2, 0) is 21.2 Å². The lowest BCUT2D eigenvalue weighted by molar-refractivity contribution is -0.120. The van der Waals surface area contributed by atoms with E-state index < -0.39 is 10.0 Å². The zero-order valence-electron chi connectivity index (χ0n) is 13.6. The number of benzene rings is 1. The molecule has 1 amide bonds. The van der Waals surface area contributed by atoms with Crippen molar-refractivity contribution in [1.82, 2.24) is 9.62 Å². The number of nitrogens with zero attached hydrogens (tertiary/aromatic N) is 1. The standard InChI is InChI=1S/C17H23ClN2O3S/c18-15-3-1-13(2-4-15)11-17(21)19-12-14-7-9-20(10-8-14)24(22,23)16-5-6-16/h1-4,14,16H,5-12H2,(H,19,21). The number of hydrogen-bond donors (Lipinski definition) is 1. The number of amides is 1. The predicted octanol–water partition coefficient (Wildman–Crippen LogP) is 2.20. The molecule has 24 heavy (non-hydrogen) atoms. The van der Waals surface area contributed by atoms with E-state index in [0.717, 1.165) is 31.2 Å². The Bertz CT molecular complexity index is 678. The maximum Gasteiger partial charge on any atom is 0.224 e. The highest BCUT2D eigenvalue weighted by atomic mass is 35.5. The maximum absolute atomic E-state index is 12.2. The summed E-state index contributed by atoms with van der Waals surface area (Å²) in [6.07, 6.45) is 3.58. The molecule has 1 aliphatic heterocycles. The van der Waals surface area contributed by atoms with E-state index >= 15 is 0 Å². The van der Waals surface area contributed by atoms with Gasteiger partial charge in [-0.05, 0) is 49.3 Å². The molecule has 1 aromatic rings.